The zero-order chi connectivity index (χ0) is 14.5. The third-order valence-corrected chi connectivity index (χ3v) is 3.81. The first kappa shape index (κ1) is 16.5. The molecule has 0 radical (unpaired) electrons. The van der Waals surface area contributed by atoms with E-state index in [4.69, 9.17) is 4.74 Å². The summed E-state index contributed by atoms with van der Waals surface area (Å²) in [7, 11) is 0. The van der Waals surface area contributed by atoms with Crippen molar-refractivity contribution in [2.24, 2.45) is 11.8 Å². The predicted molar refractivity (Wildman–Crippen MR) is 79.0 cm³/mol. The van der Waals surface area contributed by atoms with Gasteiger partial charge in [-0.05, 0) is 58.9 Å². The van der Waals surface area contributed by atoms with Crippen LogP contribution in [0.1, 0.15) is 66.7 Å². The van der Waals surface area contributed by atoms with Crippen LogP contribution in [0.5, 0.6) is 0 Å². The molecule has 1 N–H and O–H groups in total. The molecule has 1 aliphatic rings. The fourth-order valence-electron chi connectivity index (χ4n) is 2.80. The van der Waals surface area contributed by atoms with Crippen LogP contribution in [0.15, 0.2) is 0 Å². The van der Waals surface area contributed by atoms with Crippen molar-refractivity contribution in [3.63, 3.8) is 0 Å². The number of hydrogen-bond donors (Lipinski definition) is 1. The standard InChI is InChI=1S/C16H31NO2/c1-12-7-6-8-14(11-12)9-10-17-13(2)15(18)19-16(3,4)5/h12-14,17H,6-11H2,1-5H3. The molecule has 0 saturated heterocycles. The molecule has 1 aliphatic carbocycles. The van der Waals surface area contributed by atoms with Crippen LogP contribution in [-0.2, 0) is 9.53 Å². The van der Waals surface area contributed by atoms with Crippen molar-refractivity contribution in [1.29, 1.82) is 0 Å². The lowest BCUT2D eigenvalue weighted by atomic mass is 9.81. The maximum atomic E-state index is 11.8. The van der Waals surface area contributed by atoms with Crippen molar-refractivity contribution in [3.8, 4) is 0 Å². The second kappa shape index (κ2) is 7.28. The molecule has 0 aliphatic heterocycles. The van der Waals surface area contributed by atoms with E-state index >= 15 is 0 Å². The number of carbonyl (C=O) groups excluding carboxylic acids is 1. The first-order valence-electron chi connectivity index (χ1n) is 7.74. The highest BCUT2D eigenvalue weighted by Crippen LogP contribution is 2.30. The monoisotopic (exact) mass is 269 g/mol. The minimum Gasteiger partial charge on any atom is -0.459 e. The number of carbonyl (C=O) groups is 1. The van der Waals surface area contributed by atoms with E-state index in [-0.39, 0.29) is 12.0 Å². The van der Waals surface area contributed by atoms with Gasteiger partial charge in [0, 0.05) is 0 Å². The van der Waals surface area contributed by atoms with E-state index in [0.717, 1.165) is 18.4 Å². The molecule has 1 saturated carbocycles. The third kappa shape index (κ3) is 6.95. The van der Waals surface area contributed by atoms with Crippen molar-refractivity contribution in [1.82, 2.24) is 5.32 Å². The largest absolute Gasteiger partial charge is 0.459 e. The Morgan fingerprint density at radius 2 is 2.05 bits per heavy atom. The van der Waals surface area contributed by atoms with Crippen LogP contribution >= 0.6 is 0 Å². The maximum Gasteiger partial charge on any atom is 0.323 e. The van der Waals surface area contributed by atoms with Gasteiger partial charge in [0.15, 0.2) is 0 Å². The first-order chi connectivity index (χ1) is 8.78. The zero-order valence-corrected chi connectivity index (χ0v) is 13.3. The van der Waals surface area contributed by atoms with E-state index in [9.17, 15) is 4.79 Å². The van der Waals surface area contributed by atoms with Crippen LogP contribution in [0, 0.1) is 11.8 Å². The Hall–Kier alpha value is -0.570. The third-order valence-electron chi connectivity index (χ3n) is 3.81. The van der Waals surface area contributed by atoms with Gasteiger partial charge < -0.3 is 10.1 Å². The summed E-state index contributed by atoms with van der Waals surface area (Å²) in [5.74, 6) is 1.56. The fraction of sp³-hybridized carbons (Fsp3) is 0.938. The average molecular weight is 269 g/mol. The van der Waals surface area contributed by atoms with E-state index in [1.807, 2.05) is 27.7 Å². The van der Waals surface area contributed by atoms with Gasteiger partial charge >= 0.3 is 5.97 Å². The topological polar surface area (TPSA) is 38.3 Å². The van der Waals surface area contributed by atoms with Gasteiger partial charge in [-0.3, -0.25) is 4.79 Å². The maximum absolute atomic E-state index is 11.8. The molecule has 0 aromatic heterocycles. The lowest BCUT2D eigenvalue weighted by Gasteiger charge is -2.27. The minimum atomic E-state index is -0.397. The zero-order valence-electron chi connectivity index (χ0n) is 13.3. The van der Waals surface area contributed by atoms with Gasteiger partial charge in [-0.25, -0.2) is 0 Å². The second-order valence-electron chi connectivity index (χ2n) is 7.14. The van der Waals surface area contributed by atoms with Crippen LogP contribution in [0.2, 0.25) is 0 Å². The van der Waals surface area contributed by atoms with Gasteiger partial charge in [0.25, 0.3) is 0 Å². The van der Waals surface area contributed by atoms with Gasteiger partial charge in [-0.15, -0.1) is 0 Å². The lowest BCUT2D eigenvalue weighted by molar-refractivity contribution is -0.156. The van der Waals surface area contributed by atoms with Crippen molar-refractivity contribution in [3.05, 3.63) is 0 Å². The minimum absolute atomic E-state index is 0.149. The van der Waals surface area contributed by atoms with Crippen molar-refractivity contribution >= 4 is 5.97 Å². The molecule has 3 unspecified atom stereocenters. The second-order valence-corrected chi connectivity index (χ2v) is 7.14. The molecular weight excluding hydrogens is 238 g/mol. The molecule has 112 valence electrons. The molecule has 0 amide bonds. The van der Waals surface area contributed by atoms with Gasteiger partial charge in [-0.1, -0.05) is 26.2 Å². The molecule has 0 bridgehead atoms. The average Bonchev–Trinajstić information content (AvgIpc) is 2.26. The summed E-state index contributed by atoms with van der Waals surface area (Å²) in [5.41, 5.74) is -0.397. The Labute approximate surface area is 118 Å². The molecular formula is C16H31NO2. The molecule has 1 rings (SSSR count). The van der Waals surface area contributed by atoms with E-state index in [0.29, 0.717) is 0 Å². The highest BCUT2D eigenvalue weighted by molar-refractivity contribution is 5.75. The molecule has 0 aromatic carbocycles. The molecule has 3 heteroatoms. The van der Waals surface area contributed by atoms with E-state index < -0.39 is 5.60 Å². The SMILES string of the molecule is CC1CCCC(CCNC(C)C(=O)OC(C)(C)C)C1. The van der Waals surface area contributed by atoms with Crippen LogP contribution in [0.25, 0.3) is 0 Å². The number of ether oxygens (including phenoxy) is 1. The van der Waals surface area contributed by atoms with Crippen LogP contribution in [0.4, 0.5) is 0 Å². The number of esters is 1. The molecule has 3 nitrogen and oxygen atoms in total. The smallest absolute Gasteiger partial charge is 0.323 e. The summed E-state index contributed by atoms with van der Waals surface area (Å²) in [4.78, 5) is 11.8. The van der Waals surface area contributed by atoms with Crippen LogP contribution in [0.3, 0.4) is 0 Å². The molecule has 1 fully saturated rings. The molecule has 0 aromatic rings. The predicted octanol–water partition coefficient (Wildman–Crippen LogP) is 3.52. The summed E-state index contributed by atoms with van der Waals surface area (Å²) in [5, 5.41) is 3.29. The molecule has 3 atom stereocenters. The lowest BCUT2D eigenvalue weighted by Crippen LogP contribution is -2.40. The highest BCUT2D eigenvalue weighted by Gasteiger charge is 2.22. The van der Waals surface area contributed by atoms with Gasteiger partial charge in [-0.2, -0.15) is 0 Å². The molecule has 0 heterocycles. The Kier molecular flexibility index (Phi) is 6.31. The van der Waals surface area contributed by atoms with Gasteiger partial charge in [0.1, 0.15) is 11.6 Å². The number of hydrogen-bond acceptors (Lipinski definition) is 3. The Balaban J connectivity index is 2.19. The molecule has 19 heavy (non-hydrogen) atoms. The summed E-state index contributed by atoms with van der Waals surface area (Å²) < 4.78 is 5.36. The summed E-state index contributed by atoms with van der Waals surface area (Å²) >= 11 is 0. The summed E-state index contributed by atoms with van der Waals surface area (Å²) in [6, 6.07) is -0.208. The number of rotatable bonds is 5. The van der Waals surface area contributed by atoms with Crippen molar-refractivity contribution in [2.75, 3.05) is 6.54 Å². The fourth-order valence-corrected chi connectivity index (χ4v) is 2.80. The van der Waals surface area contributed by atoms with Gasteiger partial charge in [0.05, 0.1) is 0 Å². The molecule has 0 spiro atoms. The summed E-state index contributed by atoms with van der Waals surface area (Å²) in [6.07, 6.45) is 6.64. The van der Waals surface area contributed by atoms with E-state index in [1.54, 1.807) is 0 Å². The highest BCUT2D eigenvalue weighted by atomic mass is 16.6. The normalized spacial score (nSPS) is 25.9. The van der Waals surface area contributed by atoms with Gasteiger partial charge in [0.2, 0.25) is 0 Å². The Bertz CT molecular complexity index is 283. The quantitative estimate of drug-likeness (QED) is 0.776. The van der Waals surface area contributed by atoms with Crippen molar-refractivity contribution in [2.45, 2.75) is 78.4 Å². The first-order valence-corrected chi connectivity index (χ1v) is 7.74. The van der Waals surface area contributed by atoms with Crippen molar-refractivity contribution < 1.29 is 9.53 Å². The Morgan fingerprint density at radius 3 is 2.63 bits per heavy atom. The van der Waals surface area contributed by atoms with E-state index in [1.165, 1.54) is 32.1 Å². The van der Waals surface area contributed by atoms with Crippen LogP contribution in [-0.4, -0.2) is 24.2 Å². The van der Waals surface area contributed by atoms with Crippen LogP contribution < -0.4 is 5.32 Å². The summed E-state index contributed by atoms with van der Waals surface area (Å²) in [6.45, 7) is 10.9. The Morgan fingerprint density at radius 1 is 1.37 bits per heavy atom. The number of nitrogens with one attached hydrogen (secondary N) is 1. The van der Waals surface area contributed by atoms with E-state index in [2.05, 4.69) is 12.2 Å².